The van der Waals surface area contributed by atoms with Gasteiger partial charge in [0.05, 0.1) is 0 Å². The number of hydrogen-bond acceptors (Lipinski definition) is 1. The molecule has 1 fully saturated rings. The highest BCUT2D eigenvalue weighted by Crippen LogP contribution is 2.36. The first-order chi connectivity index (χ1) is 7.20. The molecule has 1 aliphatic carbocycles. The Kier molecular flexibility index (Phi) is 3.42. The third kappa shape index (κ3) is 2.40. The van der Waals surface area contributed by atoms with E-state index in [2.05, 4.69) is 21.2 Å². The molecule has 15 heavy (non-hydrogen) atoms. The predicted molar refractivity (Wildman–Crippen MR) is 63.5 cm³/mol. The number of benzene rings is 1. The van der Waals surface area contributed by atoms with Crippen molar-refractivity contribution in [2.45, 2.75) is 31.2 Å². The minimum atomic E-state index is -0.0695. The summed E-state index contributed by atoms with van der Waals surface area (Å²) < 4.78 is 14.6. The summed E-state index contributed by atoms with van der Waals surface area (Å²) in [5.74, 6) is 0.305. The van der Waals surface area contributed by atoms with Crippen LogP contribution in [0.2, 0.25) is 0 Å². The number of rotatable bonds is 2. The molecule has 1 aliphatic rings. The van der Waals surface area contributed by atoms with Crippen molar-refractivity contribution >= 4 is 15.9 Å². The molecule has 0 amide bonds. The van der Waals surface area contributed by atoms with Crippen LogP contribution in [0.3, 0.4) is 0 Å². The predicted octanol–water partition coefficient (Wildman–Crippen LogP) is 3.44. The molecule has 1 saturated carbocycles. The Balaban J connectivity index is 2.19. The van der Waals surface area contributed by atoms with E-state index in [1.54, 1.807) is 12.1 Å². The van der Waals surface area contributed by atoms with Gasteiger partial charge < -0.3 is 5.32 Å². The summed E-state index contributed by atoms with van der Waals surface area (Å²) in [4.78, 5) is 0. The van der Waals surface area contributed by atoms with Gasteiger partial charge in [0, 0.05) is 10.5 Å². The molecule has 0 aromatic heterocycles. The summed E-state index contributed by atoms with van der Waals surface area (Å²) in [6.07, 6.45) is 3.27. The van der Waals surface area contributed by atoms with E-state index in [1.807, 2.05) is 13.1 Å². The molecule has 0 heterocycles. The summed E-state index contributed by atoms with van der Waals surface area (Å²) in [5, 5.41) is 3.26. The molecular weight excluding hydrogens is 257 g/mol. The van der Waals surface area contributed by atoms with Crippen LogP contribution in [0.5, 0.6) is 0 Å². The van der Waals surface area contributed by atoms with Gasteiger partial charge >= 0.3 is 0 Å². The van der Waals surface area contributed by atoms with Crippen LogP contribution in [0.1, 0.15) is 30.7 Å². The first kappa shape index (κ1) is 11.1. The van der Waals surface area contributed by atoms with Crippen molar-refractivity contribution in [2.24, 2.45) is 0 Å². The Labute approximate surface area is 98.2 Å². The maximum Gasteiger partial charge on any atom is 0.126 e. The largest absolute Gasteiger partial charge is 0.317 e. The standard InChI is InChI=1S/C12H15BrFN/c1-15-10-4-2-8(6-10)11-7-9(13)3-5-12(11)14/h3,5,7-8,10,15H,2,4,6H2,1H3. The van der Waals surface area contributed by atoms with E-state index in [4.69, 9.17) is 0 Å². The van der Waals surface area contributed by atoms with Gasteiger partial charge in [-0.3, -0.25) is 0 Å². The van der Waals surface area contributed by atoms with Gasteiger partial charge in [0.1, 0.15) is 5.82 Å². The highest BCUT2D eigenvalue weighted by molar-refractivity contribution is 9.10. The van der Waals surface area contributed by atoms with Crippen LogP contribution in [-0.2, 0) is 0 Å². The number of hydrogen-bond donors (Lipinski definition) is 1. The first-order valence-electron chi connectivity index (χ1n) is 5.33. The monoisotopic (exact) mass is 271 g/mol. The normalized spacial score (nSPS) is 25.8. The van der Waals surface area contributed by atoms with Gasteiger partial charge in [-0.25, -0.2) is 4.39 Å². The molecule has 1 aromatic carbocycles. The lowest BCUT2D eigenvalue weighted by atomic mass is 9.97. The lowest BCUT2D eigenvalue weighted by Crippen LogP contribution is -2.21. The molecule has 1 aromatic rings. The van der Waals surface area contributed by atoms with E-state index in [9.17, 15) is 4.39 Å². The van der Waals surface area contributed by atoms with Crippen molar-refractivity contribution in [3.05, 3.63) is 34.1 Å². The van der Waals surface area contributed by atoms with Crippen molar-refractivity contribution in [1.82, 2.24) is 5.32 Å². The molecule has 0 aliphatic heterocycles. The zero-order valence-corrected chi connectivity index (χ0v) is 10.3. The van der Waals surface area contributed by atoms with Crippen LogP contribution in [-0.4, -0.2) is 13.1 Å². The van der Waals surface area contributed by atoms with Crippen molar-refractivity contribution in [3.63, 3.8) is 0 Å². The molecule has 82 valence electrons. The van der Waals surface area contributed by atoms with Crippen molar-refractivity contribution in [2.75, 3.05) is 7.05 Å². The third-order valence-corrected chi connectivity index (χ3v) is 3.73. The topological polar surface area (TPSA) is 12.0 Å². The van der Waals surface area contributed by atoms with Crippen LogP contribution in [0, 0.1) is 5.82 Å². The summed E-state index contributed by atoms with van der Waals surface area (Å²) in [6.45, 7) is 0. The van der Waals surface area contributed by atoms with E-state index in [-0.39, 0.29) is 5.82 Å². The fourth-order valence-electron chi connectivity index (χ4n) is 2.35. The maximum atomic E-state index is 13.6. The average molecular weight is 272 g/mol. The molecule has 2 atom stereocenters. The summed E-state index contributed by atoms with van der Waals surface area (Å²) in [5.41, 5.74) is 0.863. The minimum absolute atomic E-state index is 0.0695. The van der Waals surface area contributed by atoms with Crippen LogP contribution in [0.15, 0.2) is 22.7 Å². The molecule has 0 saturated heterocycles. The zero-order chi connectivity index (χ0) is 10.8. The van der Waals surface area contributed by atoms with Crippen LogP contribution >= 0.6 is 15.9 Å². The van der Waals surface area contributed by atoms with E-state index >= 15 is 0 Å². The Morgan fingerprint density at radius 1 is 1.40 bits per heavy atom. The molecule has 3 heteroatoms. The minimum Gasteiger partial charge on any atom is -0.317 e. The maximum absolute atomic E-state index is 13.6. The summed E-state index contributed by atoms with van der Waals surface area (Å²) in [7, 11) is 1.98. The van der Waals surface area contributed by atoms with Crippen LogP contribution < -0.4 is 5.32 Å². The highest BCUT2D eigenvalue weighted by Gasteiger charge is 2.26. The molecule has 0 spiro atoms. The van der Waals surface area contributed by atoms with Gasteiger partial charge in [-0.15, -0.1) is 0 Å². The fraction of sp³-hybridized carbons (Fsp3) is 0.500. The molecular formula is C12H15BrFN. The lowest BCUT2D eigenvalue weighted by molar-refractivity contribution is 0.553. The quantitative estimate of drug-likeness (QED) is 0.869. The second-order valence-corrected chi connectivity index (χ2v) is 5.08. The first-order valence-corrected chi connectivity index (χ1v) is 6.12. The number of nitrogens with one attached hydrogen (secondary N) is 1. The second kappa shape index (κ2) is 4.62. The lowest BCUT2D eigenvalue weighted by Gasteiger charge is -2.12. The molecule has 0 radical (unpaired) electrons. The Bertz CT molecular complexity index is 353. The fourth-order valence-corrected chi connectivity index (χ4v) is 2.73. The number of halogens is 2. The van der Waals surface area contributed by atoms with Gasteiger partial charge in [0.2, 0.25) is 0 Å². The van der Waals surface area contributed by atoms with E-state index < -0.39 is 0 Å². The molecule has 2 rings (SSSR count). The van der Waals surface area contributed by atoms with Crippen molar-refractivity contribution in [3.8, 4) is 0 Å². The second-order valence-electron chi connectivity index (χ2n) is 4.16. The third-order valence-electron chi connectivity index (χ3n) is 3.24. The van der Waals surface area contributed by atoms with E-state index in [0.29, 0.717) is 12.0 Å². The Morgan fingerprint density at radius 2 is 2.20 bits per heavy atom. The molecule has 1 N–H and O–H groups in total. The Hall–Kier alpha value is -0.410. The van der Waals surface area contributed by atoms with Crippen molar-refractivity contribution in [1.29, 1.82) is 0 Å². The van der Waals surface area contributed by atoms with Crippen LogP contribution in [0.25, 0.3) is 0 Å². The van der Waals surface area contributed by atoms with Gasteiger partial charge in [-0.05, 0) is 56.0 Å². The van der Waals surface area contributed by atoms with Gasteiger partial charge in [-0.2, -0.15) is 0 Å². The van der Waals surface area contributed by atoms with Gasteiger partial charge in [0.25, 0.3) is 0 Å². The average Bonchev–Trinajstić information content (AvgIpc) is 2.70. The van der Waals surface area contributed by atoms with Gasteiger partial charge in [-0.1, -0.05) is 15.9 Å². The molecule has 1 nitrogen and oxygen atoms in total. The van der Waals surface area contributed by atoms with E-state index in [0.717, 1.165) is 29.3 Å². The summed E-state index contributed by atoms with van der Waals surface area (Å²) >= 11 is 3.39. The smallest absolute Gasteiger partial charge is 0.126 e. The van der Waals surface area contributed by atoms with Gasteiger partial charge in [0.15, 0.2) is 0 Å². The van der Waals surface area contributed by atoms with Crippen LogP contribution in [0.4, 0.5) is 4.39 Å². The zero-order valence-electron chi connectivity index (χ0n) is 8.76. The summed E-state index contributed by atoms with van der Waals surface area (Å²) in [6, 6.07) is 5.77. The van der Waals surface area contributed by atoms with Crippen molar-refractivity contribution < 1.29 is 4.39 Å². The molecule has 2 unspecified atom stereocenters. The molecule has 0 bridgehead atoms. The SMILES string of the molecule is CNC1CCC(c2cc(Br)ccc2F)C1. The highest BCUT2D eigenvalue weighted by atomic mass is 79.9. The van der Waals surface area contributed by atoms with E-state index in [1.165, 1.54) is 0 Å². The Morgan fingerprint density at radius 3 is 2.87 bits per heavy atom.